The molecule has 0 aliphatic rings. The molecule has 0 bridgehead atoms. The summed E-state index contributed by atoms with van der Waals surface area (Å²) in [6, 6.07) is 13.6. The molecule has 0 saturated carbocycles. The first-order valence-corrected chi connectivity index (χ1v) is 10.6. The number of hydrogen-bond acceptors (Lipinski definition) is 5. The summed E-state index contributed by atoms with van der Waals surface area (Å²) in [7, 11) is 0. The summed E-state index contributed by atoms with van der Waals surface area (Å²) in [5.74, 6) is -1.77. The zero-order valence-electron chi connectivity index (χ0n) is 18.3. The van der Waals surface area contributed by atoms with Crippen molar-refractivity contribution in [2.45, 2.75) is 26.1 Å². The summed E-state index contributed by atoms with van der Waals surface area (Å²) in [4.78, 5) is 37.8. The van der Waals surface area contributed by atoms with Gasteiger partial charge in [0.25, 0.3) is 11.5 Å². The maximum atomic E-state index is 13.0. The van der Waals surface area contributed by atoms with Crippen molar-refractivity contribution in [2.75, 3.05) is 0 Å². The highest BCUT2D eigenvalue weighted by molar-refractivity contribution is 6.05. The fourth-order valence-corrected chi connectivity index (χ4v) is 3.46. The minimum Gasteiger partial charge on any atom is -0.451 e. The number of benzene rings is 2. The molecule has 0 saturated heterocycles. The molecule has 0 atom stereocenters. The number of fused-ring (bicyclic) bond motifs is 1. The van der Waals surface area contributed by atoms with Gasteiger partial charge in [-0.1, -0.05) is 37.3 Å². The van der Waals surface area contributed by atoms with Gasteiger partial charge in [-0.2, -0.15) is 18.3 Å². The Balaban J connectivity index is 1.52. The Morgan fingerprint density at radius 1 is 0.971 bits per heavy atom. The Bertz CT molecular complexity index is 1470. The van der Waals surface area contributed by atoms with Crippen molar-refractivity contribution in [2.24, 2.45) is 0 Å². The zero-order valence-corrected chi connectivity index (χ0v) is 18.3. The fourth-order valence-electron chi connectivity index (χ4n) is 3.46. The van der Waals surface area contributed by atoms with E-state index < -0.39 is 23.6 Å². The SMILES string of the molecule is CCCn1nc(C(=O)NNC(=O)c2ccc(-c3cccc(C(F)(F)F)c3)o2)c2ccccc2c1=O. The number of furan rings is 1. The van der Waals surface area contributed by atoms with Gasteiger partial charge in [-0.25, -0.2) is 4.68 Å². The first kappa shape index (κ1) is 23.7. The highest BCUT2D eigenvalue weighted by Gasteiger charge is 2.30. The average molecular weight is 484 g/mol. The summed E-state index contributed by atoms with van der Waals surface area (Å²) in [5, 5.41) is 4.77. The number of nitrogens with zero attached hydrogens (tertiary/aromatic N) is 2. The molecular weight excluding hydrogens is 465 g/mol. The molecule has 8 nitrogen and oxygen atoms in total. The first-order valence-electron chi connectivity index (χ1n) is 10.6. The van der Waals surface area contributed by atoms with Gasteiger partial charge in [0.1, 0.15) is 5.76 Å². The Labute approximate surface area is 196 Å². The molecule has 180 valence electrons. The molecule has 0 fully saturated rings. The smallest absolute Gasteiger partial charge is 0.416 e. The maximum Gasteiger partial charge on any atom is 0.416 e. The number of halogens is 3. The van der Waals surface area contributed by atoms with Crippen molar-refractivity contribution >= 4 is 22.6 Å². The van der Waals surface area contributed by atoms with E-state index in [-0.39, 0.29) is 28.3 Å². The minimum absolute atomic E-state index is 0.0480. The van der Waals surface area contributed by atoms with Crippen LogP contribution in [0.25, 0.3) is 22.1 Å². The van der Waals surface area contributed by atoms with Gasteiger partial charge in [-0.3, -0.25) is 25.2 Å². The van der Waals surface area contributed by atoms with Crippen LogP contribution in [0.15, 0.2) is 69.9 Å². The molecular formula is C24H19F3N4O4. The quantitative estimate of drug-likeness (QED) is 0.414. The lowest BCUT2D eigenvalue weighted by atomic mass is 10.1. The zero-order chi connectivity index (χ0) is 25.2. The van der Waals surface area contributed by atoms with Crippen LogP contribution in [0.1, 0.15) is 40.0 Å². The Hall–Kier alpha value is -4.41. The van der Waals surface area contributed by atoms with Crippen molar-refractivity contribution < 1.29 is 27.2 Å². The van der Waals surface area contributed by atoms with Crippen LogP contribution >= 0.6 is 0 Å². The second-order valence-corrected chi connectivity index (χ2v) is 7.57. The van der Waals surface area contributed by atoms with E-state index in [1.165, 1.54) is 28.9 Å². The number of nitrogens with one attached hydrogen (secondary N) is 2. The number of carbonyl (C=O) groups excluding carboxylic acids is 2. The number of aryl methyl sites for hydroxylation is 1. The standard InChI is InChI=1S/C24H19F3N4O4/c1-2-12-31-23(34)17-9-4-3-8-16(17)20(30-31)22(33)29-28-21(32)19-11-10-18(35-19)14-6-5-7-15(13-14)24(25,26)27/h3-11,13H,2,12H2,1H3,(H,28,32)(H,29,33). The summed E-state index contributed by atoms with van der Waals surface area (Å²) in [6.45, 7) is 2.17. The number of aromatic nitrogens is 2. The number of carbonyl (C=O) groups is 2. The molecule has 0 unspecified atom stereocenters. The molecule has 2 amide bonds. The lowest BCUT2D eigenvalue weighted by molar-refractivity contribution is -0.137. The predicted molar refractivity (Wildman–Crippen MR) is 120 cm³/mol. The lowest BCUT2D eigenvalue weighted by Crippen LogP contribution is -2.42. The monoisotopic (exact) mass is 484 g/mol. The van der Waals surface area contributed by atoms with Gasteiger partial charge in [0, 0.05) is 17.5 Å². The van der Waals surface area contributed by atoms with Crippen LogP contribution in [0.5, 0.6) is 0 Å². The van der Waals surface area contributed by atoms with E-state index in [0.29, 0.717) is 23.7 Å². The van der Waals surface area contributed by atoms with Crippen LogP contribution in [-0.2, 0) is 12.7 Å². The van der Waals surface area contributed by atoms with Crippen LogP contribution in [0, 0.1) is 0 Å². The lowest BCUT2D eigenvalue weighted by Gasteiger charge is -2.11. The van der Waals surface area contributed by atoms with Crippen LogP contribution in [-0.4, -0.2) is 21.6 Å². The van der Waals surface area contributed by atoms with Crippen LogP contribution in [0.3, 0.4) is 0 Å². The average Bonchev–Trinajstić information content (AvgIpc) is 3.34. The van der Waals surface area contributed by atoms with Gasteiger partial charge < -0.3 is 4.42 Å². The van der Waals surface area contributed by atoms with Crippen molar-refractivity contribution in [3.63, 3.8) is 0 Å². The molecule has 35 heavy (non-hydrogen) atoms. The van der Waals surface area contributed by atoms with E-state index in [2.05, 4.69) is 16.0 Å². The third kappa shape index (κ3) is 4.93. The molecule has 2 N–H and O–H groups in total. The maximum absolute atomic E-state index is 13.0. The van der Waals surface area contributed by atoms with E-state index in [0.717, 1.165) is 12.1 Å². The van der Waals surface area contributed by atoms with E-state index >= 15 is 0 Å². The van der Waals surface area contributed by atoms with Gasteiger partial charge in [-0.05, 0) is 36.8 Å². The molecule has 0 aliphatic heterocycles. The molecule has 2 heterocycles. The van der Waals surface area contributed by atoms with Gasteiger partial charge in [0.2, 0.25) is 0 Å². The highest BCUT2D eigenvalue weighted by atomic mass is 19.4. The number of amides is 2. The predicted octanol–water partition coefficient (Wildman–Crippen LogP) is 4.16. The summed E-state index contributed by atoms with van der Waals surface area (Å²) < 4.78 is 45.5. The Morgan fingerprint density at radius 2 is 1.69 bits per heavy atom. The second kappa shape index (κ2) is 9.45. The third-order valence-electron chi connectivity index (χ3n) is 5.11. The largest absolute Gasteiger partial charge is 0.451 e. The van der Waals surface area contributed by atoms with Gasteiger partial charge in [0.05, 0.1) is 10.9 Å². The molecule has 0 spiro atoms. The summed E-state index contributed by atoms with van der Waals surface area (Å²) in [5.41, 5.74) is 3.31. The Morgan fingerprint density at radius 3 is 2.40 bits per heavy atom. The third-order valence-corrected chi connectivity index (χ3v) is 5.11. The summed E-state index contributed by atoms with van der Waals surface area (Å²) >= 11 is 0. The summed E-state index contributed by atoms with van der Waals surface area (Å²) in [6.07, 6.45) is -3.90. The van der Waals surface area contributed by atoms with E-state index in [9.17, 15) is 27.6 Å². The van der Waals surface area contributed by atoms with Crippen molar-refractivity contribution in [1.82, 2.24) is 20.6 Å². The normalized spacial score (nSPS) is 11.4. The number of alkyl halides is 3. The second-order valence-electron chi connectivity index (χ2n) is 7.57. The molecule has 4 aromatic rings. The first-order chi connectivity index (χ1) is 16.7. The number of rotatable bonds is 5. The highest BCUT2D eigenvalue weighted by Crippen LogP contribution is 2.32. The topological polar surface area (TPSA) is 106 Å². The molecule has 2 aromatic heterocycles. The van der Waals surface area contributed by atoms with E-state index in [1.807, 2.05) is 6.92 Å². The van der Waals surface area contributed by atoms with Crippen molar-refractivity contribution in [3.05, 3.63) is 88.0 Å². The van der Waals surface area contributed by atoms with Crippen molar-refractivity contribution in [1.29, 1.82) is 0 Å². The van der Waals surface area contributed by atoms with Gasteiger partial charge in [0.15, 0.2) is 11.5 Å². The molecule has 2 aromatic carbocycles. The molecule has 0 radical (unpaired) electrons. The number of hydrogen-bond donors (Lipinski definition) is 2. The van der Waals surface area contributed by atoms with E-state index in [1.54, 1.807) is 24.3 Å². The fraction of sp³-hybridized carbons (Fsp3) is 0.167. The minimum atomic E-state index is -4.52. The van der Waals surface area contributed by atoms with Crippen LogP contribution in [0.2, 0.25) is 0 Å². The van der Waals surface area contributed by atoms with Crippen molar-refractivity contribution in [3.8, 4) is 11.3 Å². The molecule has 4 rings (SSSR count). The van der Waals surface area contributed by atoms with E-state index in [4.69, 9.17) is 4.42 Å². The van der Waals surface area contributed by atoms with Gasteiger partial charge >= 0.3 is 12.1 Å². The van der Waals surface area contributed by atoms with Crippen LogP contribution < -0.4 is 16.4 Å². The number of hydrazine groups is 1. The molecule has 0 aliphatic carbocycles. The van der Waals surface area contributed by atoms with Gasteiger partial charge in [-0.15, -0.1) is 0 Å². The van der Waals surface area contributed by atoms with Crippen LogP contribution in [0.4, 0.5) is 13.2 Å². The Kier molecular flexibility index (Phi) is 6.41. The molecule has 11 heteroatoms.